The summed E-state index contributed by atoms with van der Waals surface area (Å²) in [4.78, 5) is 0. The lowest BCUT2D eigenvalue weighted by molar-refractivity contribution is 0.475. The van der Waals surface area contributed by atoms with Crippen molar-refractivity contribution in [3.8, 4) is 5.75 Å². The molecule has 1 aliphatic rings. The fourth-order valence-electron chi connectivity index (χ4n) is 0.428. The Hall–Kier alpha value is -1.02. The van der Waals surface area contributed by atoms with Gasteiger partial charge in [0.2, 0.25) is 0 Å². The van der Waals surface area contributed by atoms with Crippen LogP contribution in [-0.2, 0) is 4.74 Å². The molecule has 0 aliphatic carbocycles. The lowest BCUT2D eigenvalue weighted by atomic mass is 10.3. The van der Waals surface area contributed by atoms with Gasteiger partial charge in [0.15, 0.2) is 0 Å². The third kappa shape index (κ3) is 3.92. The number of rotatable bonds is 0. The number of ether oxygens (including phenoxy) is 1. The molecule has 0 radical (unpaired) electrons. The molecule has 0 bridgehead atoms. The van der Waals surface area contributed by atoms with Crippen LogP contribution in [-0.4, -0.2) is 18.3 Å². The van der Waals surface area contributed by atoms with Crippen LogP contribution in [0.3, 0.4) is 0 Å². The summed E-state index contributed by atoms with van der Waals surface area (Å²) < 4.78 is 4.50. The van der Waals surface area contributed by atoms with Gasteiger partial charge in [-0.3, -0.25) is 0 Å². The van der Waals surface area contributed by atoms with E-state index in [4.69, 9.17) is 5.11 Å². The molecule has 2 rings (SSSR count). The molecule has 0 saturated carbocycles. The highest BCUT2D eigenvalue weighted by atomic mass is 16.6. The minimum Gasteiger partial charge on any atom is -0.508 e. The van der Waals surface area contributed by atoms with E-state index in [1.807, 2.05) is 6.07 Å². The van der Waals surface area contributed by atoms with Gasteiger partial charge in [0.1, 0.15) is 5.75 Å². The Kier molecular flexibility index (Phi) is 2.77. The molecule has 1 aromatic carbocycles. The van der Waals surface area contributed by atoms with Crippen molar-refractivity contribution in [2.45, 2.75) is 0 Å². The smallest absolute Gasteiger partial charge is 0.115 e. The second-order valence-corrected chi connectivity index (χ2v) is 1.95. The van der Waals surface area contributed by atoms with E-state index in [0.29, 0.717) is 5.75 Å². The summed E-state index contributed by atoms with van der Waals surface area (Å²) in [6.45, 7) is 2.00. The first kappa shape index (κ1) is 7.09. The molecule has 0 amide bonds. The molecule has 2 heteroatoms. The molecule has 1 saturated heterocycles. The summed E-state index contributed by atoms with van der Waals surface area (Å²) in [5, 5.41) is 8.63. The molecule has 0 atom stereocenters. The van der Waals surface area contributed by atoms with Crippen molar-refractivity contribution in [1.29, 1.82) is 0 Å². The van der Waals surface area contributed by atoms with E-state index in [-0.39, 0.29) is 0 Å². The maximum atomic E-state index is 8.63. The summed E-state index contributed by atoms with van der Waals surface area (Å²) in [6, 6.07) is 8.71. The van der Waals surface area contributed by atoms with E-state index < -0.39 is 0 Å². The first-order chi connectivity index (χ1) is 4.89. The highest BCUT2D eigenvalue weighted by Gasteiger charge is 1.94. The number of hydrogen-bond acceptors (Lipinski definition) is 2. The normalized spacial score (nSPS) is 13.2. The molecule has 1 fully saturated rings. The number of hydrogen-bond donors (Lipinski definition) is 1. The summed E-state index contributed by atoms with van der Waals surface area (Å²) in [5.41, 5.74) is 0. The van der Waals surface area contributed by atoms with Crippen LogP contribution in [0.25, 0.3) is 0 Å². The van der Waals surface area contributed by atoms with E-state index in [9.17, 15) is 0 Å². The van der Waals surface area contributed by atoms with Gasteiger partial charge in [-0.1, -0.05) is 18.2 Å². The molecule has 1 N–H and O–H groups in total. The van der Waals surface area contributed by atoms with Crippen LogP contribution in [0, 0.1) is 0 Å². The van der Waals surface area contributed by atoms with Crippen LogP contribution in [0.4, 0.5) is 0 Å². The molecule has 0 spiro atoms. The lowest BCUT2D eigenvalue weighted by Crippen LogP contribution is -1.56. The monoisotopic (exact) mass is 138 g/mol. The number of benzene rings is 1. The van der Waals surface area contributed by atoms with Gasteiger partial charge in [-0.2, -0.15) is 0 Å². The number of epoxide rings is 1. The highest BCUT2D eigenvalue weighted by molar-refractivity contribution is 5.18. The third-order valence-corrected chi connectivity index (χ3v) is 0.960. The summed E-state index contributed by atoms with van der Waals surface area (Å²) >= 11 is 0. The first-order valence-electron chi connectivity index (χ1n) is 3.21. The topological polar surface area (TPSA) is 32.8 Å². The maximum Gasteiger partial charge on any atom is 0.115 e. The Morgan fingerprint density at radius 3 is 1.80 bits per heavy atom. The van der Waals surface area contributed by atoms with Crippen LogP contribution >= 0.6 is 0 Å². The van der Waals surface area contributed by atoms with Gasteiger partial charge in [-0.25, -0.2) is 0 Å². The van der Waals surface area contributed by atoms with Gasteiger partial charge < -0.3 is 9.84 Å². The van der Waals surface area contributed by atoms with E-state index in [2.05, 4.69) is 4.74 Å². The zero-order valence-corrected chi connectivity index (χ0v) is 5.66. The van der Waals surface area contributed by atoms with Gasteiger partial charge in [-0.15, -0.1) is 0 Å². The van der Waals surface area contributed by atoms with Crippen molar-refractivity contribution >= 4 is 0 Å². The molecule has 2 nitrogen and oxygen atoms in total. The van der Waals surface area contributed by atoms with Crippen LogP contribution < -0.4 is 0 Å². The second kappa shape index (κ2) is 3.90. The SMILES string of the molecule is C1CO1.Oc1ccccc1. The lowest BCUT2D eigenvalue weighted by Gasteiger charge is -1.82. The predicted octanol–water partition coefficient (Wildman–Crippen LogP) is 1.41. The quantitative estimate of drug-likeness (QED) is 0.550. The second-order valence-electron chi connectivity index (χ2n) is 1.95. The molecular formula is C8H10O2. The third-order valence-electron chi connectivity index (χ3n) is 0.960. The Bertz CT molecular complexity index is 167. The van der Waals surface area contributed by atoms with Crippen molar-refractivity contribution in [2.75, 3.05) is 13.2 Å². The summed E-state index contributed by atoms with van der Waals surface area (Å²) in [5.74, 6) is 0.322. The van der Waals surface area contributed by atoms with Crippen molar-refractivity contribution in [1.82, 2.24) is 0 Å². The van der Waals surface area contributed by atoms with Crippen LogP contribution in [0.2, 0.25) is 0 Å². The van der Waals surface area contributed by atoms with Crippen LogP contribution in [0.5, 0.6) is 5.75 Å². The largest absolute Gasteiger partial charge is 0.508 e. The van der Waals surface area contributed by atoms with Gasteiger partial charge >= 0.3 is 0 Å². The molecule has 54 valence electrons. The zero-order valence-electron chi connectivity index (χ0n) is 5.66. The number of para-hydroxylation sites is 1. The number of phenols is 1. The molecule has 10 heavy (non-hydrogen) atoms. The first-order valence-corrected chi connectivity index (χ1v) is 3.21. The minimum absolute atomic E-state index is 0.322. The van der Waals surface area contributed by atoms with E-state index >= 15 is 0 Å². The summed E-state index contributed by atoms with van der Waals surface area (Å²) in [7, 11) is 0. The zero-order chi connectivity index (χ0) is 7.23. The van der Waals surface area contributed by atoms with Gasteiger partial charge in [-0.05, 0) is 12.1 Å². The van der Waals surface area contributed by atoms with E-state index in [1.165, 1.54) is 0 Å². The molecule has 1 aromatic rings. The Morgan fingerprint density at radius 1 is 1.10 bits per heavy atom. The molecule has 1 aliphatic heterocycles. The average molecular weight is 138 g/mol. The van der Waals surface area contributed by atoms with Gasteiger partial charge in [0, 0.05) is 0 Å². The van der Waals surface area contributed by atoms with Gasteiger partial charge in [0.25, 0.3) is 0 Å². The Morgan fingerprint density at radius 2 is 1.60 bits per heavy atom. The molecular weight excluding hydrogens is 128 g/mol. The Balaban J connectivity index is 0.000000138. The number of phenolic OH excluding ortho intramolecular Hbond substituents is 1. The van der Waals surface area contributed by atoms with Crippen molar-refractivity contribution in [3.05, 3.63) is 30.3 Å². The maximum absolute atomic E-state index is 8.63. The van der Waals surface area contributed by atoms with E-state index in [0.717, 1.165) is 13.2 Å². The standard InChI is InChI=1S/C6H6O.C2H4O/c7-6-4-2-1-3-5-6;1-2-3-1/h1-5,7H;1-2H2. The molecule has 0 aromatic heterocycles. The summed E-state index contributed by atoms with van der Waals surface area (Å²) in [6.07, 6.45) is 0. The predicted molar refractivity (Wildman–Crippen MR) is 38.9 cm³/mol. The van der Waals surface area contributed by atoms with Crippen molar-refractivity contribution in [3.63, 3.8) is 0 Å². The fourth-order valence-corrected chi connectivity index (χ4v) is 0.428. The average Bonchev–Trinajstić information content (AvgIpc) is 2.73. The van der Waals surface area contributed by atoms with E-state index in [1.54, 1.807) is 24.3 Å². The minimum atomic E-state index is 0.322. The van der Waals surface area contributed by atoms with Crippen LogP contribution in [0.15, 0.2) is 30.3 Å². The molecule has 1 heterocycles. The highest BCUT2D eigenvalue weighted by Crippen LogP contribution is 2.02. The van der Waals surface area contributed by atoms with Crippen LogP contribution in [0.1, 0.15) is 0 Å². The van der Waals surface area contributed by atoms with Crippen molar-refractivity contribution in [2.24, 2.45) is 0 Å². The molecule has 0 unspecified atom stereocenters. The van der Waals surface area contributed by atoms with Crippen molar-refractivity contribution < 1.29 is 9.84 Å². The number of aromatic hydroxyl groups is 1. The van der Waals surface area contributed by atoms with Gasteiger partial charge in [0.05, 0.1) is 13.2 Å². The Labute approximate surface area is 60.1 Å². The fraction of sp³-hybridized carbons (Fsp3) is 0.250.